The van der Waals surface area contributed by atoms with Crippen LogP contribution in [0.15, 0.2) is 65.7 Å². The average molecular weight is 474 g/mol. The Hall–Kier alpha value is -3.41. The maximum absolute atomic E-state index is 12.2. The first kappa shape index (κ1) is 24.7. The van der Waals surface area contributed by atoms with E-state index < -0.39 is 0 Å². The van der Waals surface area contributed by atoms with Gasteiger partial charge in [-0.2, -0.15) is 0 Å². The van der Waals surface area contributed by atoms with Gasteiger partial charge in [-0.05, 0) is 61.8 Å². The van der Waals surface area contributed by atoms with E-state index in [0.29, 0.717) is 24.2 Å². The van der Waals surface area contributed by atoms with Crippen LogP contribution in [0.2, 0.25) is 0 Å². The third-order valence-corrected chi connectivity index (χ3v) is 6.79. The first-order chi connectivity index (χ1) is 17.1. The van der Waals surface area contributed by atoms with Crippen molar-refractivity contribution in [1.29, 1.82) is 0 Å². The molecule has 1 fully saturated rings. The Morgan fingerprint density at radius 2 is 2.06 bits per heavy atom. The van der Waals surface area contributed by atoms with Crippen LogP contribution in [0.3, 0.4) is 0 Å². The predicted octanol–water partition coefficient (Wildman–Crippen LogP) is 4.63. The van der Waals surface area contributed by atoms with Crippen molar-refractivity contribution in [2.75, 3.05) is 20.3 Å². The quantitative estimate of drug-likeness (QED) is 0.439. The molecule has 0 spiro atoms. The van der Waals surface area contributed by atoms with Crippen molar-refractivity contribution in [2.45, 2.75) is 44.9 Å². The van der Waals surface area contributed by atoms with Crippen LogP contribution in [-0.4, -0.2) is 42.0 Å². The van der Waals surface area contributed by atoms with Gasteiger partial charge in [0.25, 0.3) is 5.91 Å². The van der Waals surface area contributed by atoms with Gasteiger partial charge in [-0.1, -0.05) is 25.5 Å². The van der Waals surface area contributed by atoms with Gasteiger partial charge in [0.2, 0.25) is 0 Å². The Kier molecular flexibility index (Phi) is 8.71. The molecular formula is C28H35N5O2. The second-order valence-corrected chi connectivity index (χ2v) is 9.31. The zero-order valence-electron chi connectivity index (χ0n) is 20.5. The number of methoxy groups -OCH3 is 1. The van der Waals surface area contributed by atoms with E-state index in [4.69, 9.17) is 14.7 Å². The Labute approximate surface area is 207 Å². The van der Waals surface area contributed by atoms with Gasteiger partial charge < -0.3 is 20.4 Å². The molecule has 2 aromatic heterocycles. The second kappa shape index (κ2) is 12.3. The van der Waals surface area contributed by atoms with Crippen LogP contribution in [0.5, 0.6) is 0 Å². The number of H-pyrrole nitrogens is 1. The minimum absolute atomic E-state index is 0.156. The summed E-state index contributed by atoms with van der Waals surface area (Å²) in [4.78, 5) is 24.6. The van der Waals surface area contributed by atoms with E-state index in [0.717, 1.165) is 47.8 Å². The third-order valence-electron chi connectivity index (χ3n) is 6.79. The molecule has 0 aromatic carbocycles. The molecule has 2 aliphatic rings. The second-order valence-electron chi connectivity index (χ2n) is 9.31. The fraction of sp³-hybridized carbons (Fsp3) is 0.429. The zero-order valence-corrected chi connectivity index (χ0v) is 20.5. The highest BCUT2D eigenvalue weighted by molar-refractivity contribution is 5.95. The molecule has 3 heterocycles. The number of carbonyl (C=O) groups is 1. The Morgan fingerprint density at radius 3 is 2.80 bits per heavy atom. The summed E-state index contributed by atoms with van der Waals surface area (Å²) in [5, 5.41) is 6.10. The van der Waals surface area contributed by atoms with Gasteiger partial charge >= 0.3 is 0 Å². The monoisotopic (exact) mass is 473 g/mol. The van der Waals surface area contributed by atoms with Gasteiger partial charge in [0.15, 0.2) is 0 Å². The highest BCUT2D eigenvalue weighted by Crippen LogP contribution is 2.31. The van der Waals surface area contributed by atoms with Crippen LogP contribution in [0.4, 0.5) is 0 Å². The molecule has 1 amide bonds. The molecule has 184 valence electrons. The number of carbonyl (C=O) groups excluding carboxylic acids is 1. The molecule has 1 saturated carbocycles. The molecule has 0 radical (unpaired) electrons. The first-order valence-corrected chi connectivity index (χ1v) is 12.4. The highest BCUT2D eigenvalue weighted by Gasteiger charge is 2.21. The molecule has 1 aliphatic carbocycles. The molecule has 3 N–H and O–H groups in total. The molecule has 1 aliphatic heterocycles. The van der Waals surface area contributed by atoms with Crippen molar-refractivity contribution in [3.8, 4) is 0 Å². The standard InChI is InChI=1S/C28H35N5O2/c1-3-23(18-30-28(34)22-15-16-29-17-22)32-27-14-13-26(33-27)25-6-4-5-24(31-25)12-11-20-7-9-21(10-8-20)19-35-2/h4-6,13,15-17,20-21,29H,1,7-12,14,18-19H2,2H3,(H,30,34)(H,32,33). The van der Waals surface area contributed by atoms with E-state index in [2.05, 4.69) is 46.1 Å². The molecule has 0 saturated heterocycles. The highest BCUT2D eigenvalue weighted by atomic mass is 16.5. The number of aromatic nitrogens is 2. The van der Waals surface area contributed by atoms with Crippen molar-refractivity contribution in [3.63, 3.8) is 0 Å². The van der Waals surface area contributed by atoms with E-state index in [1.807, 2.05) is 6.07 Å². The van der Waals surface area contributed by atoms with Crippen LogP contribution in [-0.2, 0) is 11.2 Å². The molecule has 0 atom stereocenters. The van der Waals surface area contributed by atoms with Crippen LogP contribution in [0, 0.1) is 11.8 Å². The van der Waals surface area contributed by atoms with Gasteiger partial charge in [0.1, 0.15) is 5.84 Å². The zero-order chi connectivity index (χ0) is 24.5. The molecular weight excluding hydrogens is 438 g/mol. The molecule has 7 heteroatoms. The number of amides is 1. The maximum atomic E-state index is 12.2. The van der Waals surface area contributed by atoms with Gasteiger partial charge in [-0.15, -0.1) is 5.73 Å². The summed E-state index contributed by atoms with van der Waals surface area (Å²) >= 11 is 0. The number of nitrogens with zero attached hydrogens (tertiary/aromatic N) is 2. The van der Waals surface area contributed by atoms with Gasteiger partial charge in [0.05, 0.1) is 29.2 Å². The number of aromatic amines is 1. The molecule has 2 aromatic rings. The smallest absolute Gasteiger partial charge is 0.253 e. The largest absolute Gasteiger partial charge is 0.384 e. The van der Waals surface area contributed by atoms with E-state index in [1.165, 1.54) is 32.1 Å². The van der Waals surface area contributed by atoms with E-state index in [-0.39, 0.29) is 5.91 Å². The number of hydrogen-bond acceptors (Lipinski definition) is 5. The molecule has 0 bridgehead atoms. The van der Waals surface area contributed by atoms with Gasteiger partial charge in [0, 0.05) is 38.2 Å². The lowest BCUT2D eigenvalue weighted by Gasteiger charge is -2.27. The maximum Gasteiger partial charge on any atom is 0.253 e. The number of ether oxygens (including phenoxy) is 1. The molecule has 0 unspecified atom stereocenters. The number of aliphatic imine (C=N–C) groups is 1. The fourth-order valence-corrected chi connectivity index (χ4v) is 4.77. The first-order valence-electron chi connectivity index (χ1n) is 12.4. The summed E-state index contributed by atoms with van der Waals surface area (Å²) in [7, 11) is 1.80. The normalized spacial score (nSPS) is 19.5. The molecule has 4 rings (SSSR count). The number of hydrogen-bond donors (Lipinski definition) is 3. The number of amidine groups is 1. The van der Waals surface area contributed by atoms with Crippen LogP contribution in [0.25, 0.3) is 5.70 Å². The Balaban J connectivity index is 1.27. The average Bonchev–Trinajstić information content (AvgIpc) is 3.59. The SMILES string of the molecule is C=C=C(CNC(=O)c1cc[nH]c1)NC1=NC(c2cccc(CCC3CCC(COC)CC3)n2)=CC1. The summed E-state index contributed by atoms with van der Waals surface area (Å²) in [6.07, 6.45) is 13.5. The van der Waals surface area contributed by atoms with Gasteiger partial charge in [-0.3, -0.25) is 9.78 Å². The number of nitrogens with one attached hydrogen (secondary N) is 3. The number of rotatable bonds is 10. The van der Waals surface area contributed by atoms with Crippen molar-refractivity contribution >= 4 is 17.4 Å². The predicted molar refractivity (Wildman–Crippen MR) is 139 cm³/mol. The van der Waals surface area contributed by atoms with E-state index in [9.17, 15) is 4.79 Å². The topological polar surface area (TPSA) is 91.4 Å². The summed E-state index contributed by atoms with van der Waals surface area (Å²) < 4.78 is 5.32. The lowest BCUT2D eigenvalue weighted by atomic mass is 9.80. The molecule has 7 nitrogen and oxygen atoms in total. The summed E-state index contributed by atoms with van der Waals surface area (Å²) in [5.74, 6) is 2.16. The van der Waals surface area contributed by atoms with Crippen molar-refractivity contribution in [3.05, 3.63) is 77.7 Å². The summed E-state index contributed by atoms with van der Waals surface area (Å²) in [6, 6.07) is 7.93. The van der Waals surface area contributed by atoms with Gasteiger partial charge in [-0.25, -0.2) is 4.99 Å². The van der Waals surface area contributed by atoms with Crippen LogP contribution >= 0.6 is 0 Å². The Bertz CT molecular complexity index is 1100. The van der Waals surface area contributed by atoms with Crippen LogP contribution in [0.1, 0.15) is 60.3 Å². The lowest BCUT2D eigenvalue weighted by Crippen LogP contribution is -2.32. The van der Waals surface area contributed by atoms with Crippen LogP contribution < -0.4 is 10.6 Å². The minimum atomic E-state index is -0.156. The van der Waals surface area contributed by atoms with Crippen molar-refractivity contribution in [2.24, 2.45) is 16.8 Å². The number of aryl methyl sites for hydroxylation is 1. The van der Waals surface area contributed by atoms with E-state index in [1.54, 1.807) is 25.6 Å². The van der Waals surface area contributed by atoms with E-state index >= 15 is 0 Å². The molecule has 35 heavy (non-hydrogen) atoms. The fourth-order valence-electron chi connectivity index (χ4n) is 4.77. The summed E-state index contributed by atoms with van der Waals surface area (Å²) in [6.45, 7) is 4.92. The van der Waals surface area contributed by atoms with Crippen molar-refractivity contribution in [1.82, 2.24) is 20.6 Å². The third kappa shape index (κ3) is 7.04. The Morgan fingerprint density at radius 1 is 1.23 bits per heavy atom. The minimum Gasteiger partial charge on any atom is -0.384 e. The lowest BCUT2D eigenvalue weighted by molar-refractivity contribution is 0.0957. The van der Waals surface area contributed by atoms with Crippen molar-refractivity contribution < 1.29 is 9.53 Å². The number of pyridine rings is 1. The summed E-state index contributed by atoms with van der Waals surface area (Å²) in [5.41, 5.74) is 7.00.